The van der Waals surface area contributed by atoms with E-state index in [1.165, 1.54) is 28.4 Å². The minimum Gasteiger partial charge on any atom is -0.480 e. The number of hydrazine groups is 1. The number of carboxylic acid groups (broad SMARTS) is 1. The maximum atomic E-state index is 13.1. The van der Waals surface area contributed by atoms with Crippen molar-refractivity contribution in [3.63, 3.8) is 0 Å². The number of rotatable bonds is 21. The van der Waals surface area contributed by atoms with E-state index < -0.39 is 29.9 Å². The van der Waals surface area contributed by atoms with Crippen molar-refractivity contribution in [3.05, 3.63) is 120 Å². The third-order valence-corrected chi connectivity index (χ3v) is 15.5. The van der Waals surface area contributed by atoms with Crippen LogP contribution in [0.4, 0.5) is 0 Å². The molecule has 99 heavy (non-hydrogen) atoms. The molecule has 0 radical (unpaired) electrons. The van der Waals surface area contributed by atoms with E-state index in [0.717, 1.165) is 34.0 Å². The number of fused-ring (bicyclic) bond motifs is 1. The van der Waals surface area contributed by atoms with Crippen LogP contribution in [0, 0.1) is 53.8 Å². The summed E-state index contributed by atoms with van der Waals surface area (Å²) in [6.45, 7) is 25.3. The van der Waals surface area contributed by atoms with Gasteiger partial charge in [0.1, 0.15) is 12.1 Å². The molecule has 548 valence electrons. The lowest BCUT2D eigenvalue weighted by molar-refractivity contribution is -0.145. The van der Waals surface area contributed by atoms with Gasteiger partial charge >= 0.3 is 29.8 Å². The van der Waals surface area contributed by atoms with Crippen LogP contribution in [0.5, 0.6) is 0 Å². The molecule has 0 saturated heterocycles. The first-order chi connectivity index (χ1) is 46.0. The number of esters is 4. The monoisotopic (exact) mass is 1460 g/mol. The van der Waals surface area contributed by atoms with Gasteiger partial charge in [0.05, 0.1) is 78.9 Å². The Balaban J connectivity index is 0. The zero-order valence-electron chi connectivity index (χ0n) is 58.9. The number of nitrogens with two attached hydrogens (primary N) is 3. The lowest BCUT2D eigenvalue weighted by atomic mass is 9.95. The molecular formula is C70H101Cl4N11O14. The predicted octanol–water partition coefficient (Wildman–Crippen LogP) is 10.7. The number of H-pyrrole nitrogens is 3. The van der Waals surface area contributed by atoms with Crippen molar-refractivity contribution in [2.75, 3.05) is 35.0 Å². The van der Waals surface area contributed by atoms with Crippen molar-refractivity contribution in [2.45, 2.75) is 172 Å². The van der Waals surface area contributed by atoms with E-state index in [2.05, 4.69) is 112 Å². The second-order valence-electron chi connectivity index (χ2n) is 23.9. The van der Waals surface area contributed by atoms with Gasteiger partial charge < -0.3 is 40.0 Å². The van der Waals surface area contributed by atoms with E-state index in [1.807, 2.05) is 32.9 Å². The van der Waals surface area contributed by atoms with Crippen molar-refractivity contribution in [1.29, 1.82) is 0 Å². The lowest BCUT2D eigenvalue weighted by Crippen LogP contribution is -2.43. The molecule has 6 rings (SSSR count). The Bertz CT molecular complexity index is 3410. The summed E-state index contributed by atoms with van der Waals surface area (Å²) >= 11 is 24.0. The lowest BCUT2D eigenvalue weighted by Gasteiger charge is -2.30. The summed E-state index contributed by atoms with van der Waals surface area (Å²) in [5.41, 5.74) is 12.8. The maximum Gasteiger partial charge on any atom is 0.326 e. The van der Waals surface area contributed by atoms with Crippen LogP contribution >= 0.6 is 46.4 Å². The molecule has 5 aromatic rings. The van der Waals surface area contributed by atoms with Crippen molar-refractivity contribution in [3.8, 4) is 24.2 Å². The number of amides is 2. The Kier molecular flexibility index (Phi) is 45.6. The van der Waals surface area contributed by atoms with Crippen LogP contribution in [0.2, 0.25) is 15.1 Å². The number of halogens is 4. The third kappa shape index (κ3) is 34.0. The molecule has 4 heterocycles. The number of ether oxygens (including phenoxy) is 4. The number of nitrogens with one attached hydrogen (secondary N) is 4. The number of terminal acetylenes is 1. The Morgan fingerprint density at radius 2 is 1.06 bits per heavy atom. The normalized spacial score (nSPS) is 12.4. The van der Waals surface area contributed by atoms with Gasteiger partial charge in [0, 0.05) is 84.7 Å². The molecule has 11 N–H and O–H groups in total. The fraction of sp³-hybridized carbons (Fsp3) is 0.514. The summed E-state index contributed by atoms with van der Waals surface area (Å²) in [7, 11) is 5.43. The summed E-state index contributed by atoms with van der Waals surface area (Å²) in [4.78, 5) is 104. The van der Waals surface area contributed by atoms with Crippen LogP contribution in [-0.2, 0) is 84.7 Å². The molecule has 0 fully saturated rings. The summed E-state index contributed by atoms with van der Waals surface area (Å²) in [5.74, 6) is 12.6. The molecule has 0 aliphatic carbocycles. The van der Waals surface area contributed by atoms with Gasteiger partial charge in [-0.2, -0.15) is 15.3 Å². The summed E-state index contributed by atoms with van der Waals surface area (Å²) in [6.07, 6.45) is 7.28. The highest BCUT2D eigenvalue weighted by Gasteiger charge is 2.30. The highest BCUT2D eigenvalue weighted by molar-refractivity contribution is 6.63. The number of hydrogen-bond donors (Lipinski definition) is 8. The first kappa shape index (κ1) is 92.9. The highest BCUT2D eigenvalue weighted by Crippen LogP contribution is 2.35. The second kappa shape index (κ2) is 48.6. The molecule has 0 spiro atoms. The molecule has 0 saturated carbocycles. The molecular weight excluding hydrogens is 1360 g/mol. The van der Waals surface area contributed by atoms with E-state index >= 15 is 0 Å². The second-order valence-corrected chi connectivity index (χ2v) is 25.5. The van der Waals surface area contributed by atoms with E-state index in [0.29, 0.717) is 72.3 Å². The van der Waals surface area contributed by atoms with Crippen molar-refractivity contribution < 1.29 is 67.2 Å². The number of carbonyl (C=O) groups is 9. The van der Waals surface area contributed by atoms with Crippen molar-refractivity contribution >= 4 is 99.1 Å². The summed E-state index contributed by atoms with van der Waals surface area (Å²) in [5, 5.41) is 33.8. The fourth-order valence-corrected chi connectivity index (χ4v) is 8.96. The zero-order chi connectivity index (χ0) is 75.3. The molecule has 3 aromatic heterocycles. The Labute approximate surface area is 602 Å². The minimum absolute atomic E-state index is 0. The Morgan fingerprint density at radius 3 is 1.45 bits per heavy atom. The number of aliphatic carboxylic acids is 1. The number of benzene rings is 2. The van der Waals surface area contributed by atoms with Gasteiger partial charge in [-0.25, -0.2) is 4.79 Å². The Morgan fingerprint density at radius 1 is 0.636 bits per heavy atom. The van der Waals surface area contributed by atoms with Crippen molar-refractivity contribution in [2.24, 2.45) is 47.0 Å². The van der Waals surface area contributed by atoms with Crippen molar-refractivity contribution in [1.82, 2.24) is 40.8 Å². The number of hydrogen-bond acceptors (Lipinski definition) is 19. The first-order valence-electron chi connectivity index (χ1n) is 31.2. The molecule has 5 atom stereocenters. The standard InChI is InChI=1S/C26H25Cl3N4O4.C11H18N2O2.C11H16O3.C10H17N3O2.C7H10O2.C4H7ClO.CH4.H4N2/c1-13(2)20-10-17(31-32-20)11-21(26(36)37)30-24(34)22-19(28)9-15-12-33(8-7-18(15)23(22)29)25(35)14-3-5-16(27)6-4-14;1-7(2)10-6-9(12-13-10)5-8(3)11(14)15-4;1-8(2)10(12)7-5-6-9(3)11(13)14-4;1-6(2)9-5-7(12-13-9)4-8(11)10(14)15-3;1-4-5-6(2)7(8)9-3;1-3(2)4(5)6;;1-2/h3-6,9-10,13,21H,7-8,11-12H2,1-2H3,(H,30,34)(H,31,32)(H,36,37);6-8H,5H2,1-4H3,(H,12,13);8-9H,6H2,1-4H3;5-6,8H,4,11H2,1-3H3,(H,12,13);1,6H,5H2,2-3H3;3H,1-2H3;1H4;1-2H2/t21-;8-;9-;8-;6-;;;/m00000.../s1. The average Bonchev–Trinajstić information content (AvgIpc) is 1.63. The number of carboxylic acids is 1. The molecule has 1 aliphatic rings. The van der Waals surface area contributed by atoms with Gasteiger partial charge in [-0.05, 0) is 101 Å². The number of carbonyl (C=O) groups excluding carboxylic acids is 8. The average molecular weight is 1460 g/mol. The van der Waals surface area contributed by atoms with Gasteiger partial charge in [-0.3, -0.25) is 65.3 Å². The number of aromatic amines is 3. The van der Waals surface area contributed by atoms with Crippen LogP contribution in [-0.4, -0.2) is 140 Å². The van der Waals surface area contributed by atoms with E-state index in [4.69, 9.17) is 58.6 Å². The molecule has 2 amide bonds. The third-order valence-electron chi connectivity index (χ3n) is 14.1. The molecule has 0 unspecified atom stereocenters. The smallest absolute Gasteiger partial charge is 0.326 e. The number of aromatic nitrogens is 6. The Hall–Kier alpha value is -8.14. The quantitative estimate of drug-likeness (QED) is 0.00643. The SMILES string of the molecule is C.C#CC[C@H](C)C(=O)OC.CC(C)C(=O)Cl.CC(C)c1cc(C[C@H](NC(=O)c2c(Cl)cc3c(c2Cl)CCN(C(=O)c2ccc(Cl)cc2)C3)C(=O)O)[nH]n1.COC(=O)[C@@H](C)CC#CC(=O)C(C)C.COC(=O)[C@@H](C)Cc1cc(C(C)C)n[nH]1.COC(=O)[C@@H](N)Cc1cc(C(C)C)n[nH]1.NN. The van der Waals surface area contributed by atoms with Gasteiger partial charge in [0.15, 0.2) is 0 Å². The predicted molar refractivity (Wildman–Crippen MR) is 384 cm³/mol. The number of ketones is 1. The van der Waals surface area contributed by atoms with Crippen LogP contribution in [0.1, 0.15) is 194 Å². The number of methoxy groups -OCH3 is 4. The van der Waals surface area contributed by atoms with E-state index in [1.54, 1.807) is 82.8 Å². The first-order valence-corrected chi connectivity index (χ1v) is 32.8. The molecule has 1 aliphatic heterocycles. The topological polar surface area (TPSA) is 390 Å². The van der Waals surface area contributed by atoms with Crippen LogP contribution in [0.3, 0.4) is 0 Å². The van der Waals surface area contributed by atoms with Crippen LogP contribution < -0.4 is 22.7 Å². The zero-order valence-corrected chi connectivity index (χ0v) is 61.9. The van der Waals surface area contributed by atoms with Crippen LogP contribution in [0.15, 0.2) is 48.5 Å². The molecule has 29 heteroatoms. The van der Waals surface area contributed by atoms with E-state index in [9.17, 15) is 48.3 Å². The van der Waals surface area contributed by atoms with Gasteiger partial charge in [0.2, 0.25) is 11.0 Å². The minimum atomic E-state index is -1.22. The van der Waals surface area contributed by atoms with Gasteiger partial charge in [-0.1, -0.05) is 138 Å². The summed E-state index contributed by atoms with van der Waals surface area (Å²) in [6, 6.07) is 12.1. The van der Waals surface area contributed by atoms with E-state index in [-0.39, 0.29) is 106 Å². The van der Waals surface area contributed by atoms with Gasteiger partial charge in [0.25, 0.3) is 11.8 Å². The molecule has 0 bridgehead atoms. The van der Waals surface area contributed by atoms with Gasteiger partial charge in [-0.15, -0.1) is 12.3 Å². The molecule has 2 aromatic carbocycles. The largest absolute Gasteiger partial charge is 0.480 e. The number of Topliss-reactive ketones (excluding diaryl/α,β-unsaturated/α-hetero) is 1. The summed E-state index contributed by atoms with van der Waals surface area (Å²) < 4.78 is 18.2. The maximum absolute atomic E-state index is 13.1. The number of nitrogens with zero attached hydrogens (tertiary/aromatic N) is 4. The fourth-order valence-electron chi connectivity index (χ4n) is 8.07. The molecule has 25 nitrogen and oxygen atoms in total. The van der Waals surface area contributed by atoms with Crippen LogP contribution in [0.25, 0.3) is 0 Å². The highest BCUT2D eigenvalue weighted by atomic mass is 35.5.